The van der Waals surface area contributed by atoms with E-state index in [1.807, 2.05) is 30.3 Å². The number of hydrogen-bond donors (Lipinski definition) is 1. The summed E-state index contributed by atoms with van der Waals surface area (Å²) < 4.78 is 4.08. The highest BCUT2D eigenvalue weighted by atomic mass is 79.9. The summed E-state index contributed by atoms with van der Waals surface area (Å²) in [6, 6.07) is 16.2. The molecule has 2 aromatic carbocycles. The van der Waals surface area contributed by atoms with Crippen LogP contribution in [0.5, 0.6) is 0 Å². The van der Waals surface area contributed by atoms with Crippen molar-refractivity contribution in [2.24, 2.45) is 7.05 Å². The number of rotatable bonds is 6. The monoisotopic (exact) mass is 441 g/mol. The van der Waals surface area contributed by atoms with Crippen molar-refractivity contribution in [1.82, 2.24) is 9.36 Å². The predicted molar refractivity (Wildman–Crippen MR) is 112 cm³/mol. The molecule has 6 nitrogen and oxygen atoms in total. The summed E-state index contributed by atoms with van der Waals surface area (Å²) in [4.78, 5) is 37.4. The molecule has 3 rings (SSSR count). The number of anilines is 1. The van der Waals surface area contributed by atoms with Gasteiger partial charge in [-0.2, -0.15) is 0 Å². The molecular formula is C21H20BrN3O3. The van der Waals surface area contributed by atoms with E-state index in [9.17, 15) is 14.4 Å². The Bertz CT molecular complexity index is 1070. The topological polar surface area (TPSA) is 73.1 Å². The highest BCUT2D eigenvalue weighted by Gasteiger charge is 2.18. The van der Waals surface area contributed by atoms with Gasteiger partial charge in [0.2, 0.25) is 5.91 Å². The van der Waals surface area contributed by atoms with E-state index >= 15 is 0 Å². The minimum atomic E-state index is -0.364. The SMILES string of the molecule is Cc1c(NC(=O)CCC(=O)c2ccc(Br)cc2)c(=O)n(-c2ccccc2)n1C. The smallest absolute Gasteiger partial charge is 0.295 e. The molecule has 1 amide bonds. The Labute approximate surface area is 170 Å². The fourth-order valence-corrected chi connectivity index (χ4v) is 3.19. The van der Waals surface area contributed by atoms with E-state index in [2.05, 4.69) is 21.2 Å². The van der Waals surface area contributed by atoms with Gasteiger partial charge in [0, 0.05) is 29.9 Å². The Kier molecular flexibility index (Phi) is 5.94. The first-order valence-electron chi connectivity index (χ1n) is 8.81. The Morgan fingerprint density at radius 2 is 1.64 bits per heavy atom. The minimum Gasteiger partial charge on any atom is -0.320 e. The number of nitrogens with one attached hydrogen (secondary N) is 1. The molecule has 3 aromatic rings. The maximum atomic E-state index is 12.8. The van der Waals surface area contributed by atoms with Crippen LogP contribution in [0.15, 0.2) is 63.9 Å². The lowest BCUT2D eigenvalue weighted by Crippen LogP contribution is -2.23. The molecule has 7 heteroatoms. The van der Waals surface area contributed by atoms with Crippen molar-refractivity contribution in [2.75, 3.05) is 5.32 Å². The average molecular weight is 442 g/mol. The van der Waals surface area contributed by atoms with Crippen LogP contribution in [0.4, 0.5) is 5.69 Å². The second-order valence-electron chi connectivity index (χ2n) is 6.41. The van der Waals surface area contributed by atoms with E-state index in [0.717, 1.165) is 4.47 Å². The third-order valence-electron chi connectivity index (χ3n) is 4.56. The van der Waals surface area contributed by atoms with Crippen LogP contribution < -0.4 is 10.9 Å². The highest BCUT2D eigenvalue weighted by Crippen LogP contribution is 2.15. The number of carbonyl (C=O) groups excluding carboxylic acids is 2. The summed E-state index contributed by atoms with van der Waals surface area (Å²) in [6.07, 6.45) is 0.0836. The van der Waals surface area contributed by atoms with E-state index in [0.29, 0.717) is 16.9 Å². The number of ketones is 1. The molecule has 0 saturated carbocycles. The summed E-state index contributed by atoms with van der Waals surface area (Å²) in [5.74, 6) is -0.481. The summed E-state index contributed by atoms with van der Waals surface area (Å²) in [6.45, 7) is 1.77. The number of amides is 1. The molecule has 0 aliphatic carbocycles. The van der Waals surface area contributed by atoms with Crippen LogP contribution in [0.2, 0.25) is 0 Å². The van der Waals surface area contributed by atoms with Gasteiger partial charge < -0.3 is 5.32 Å². The summed E-state index contributed by atoms with van der Waals surface area (Å²) in [5.41, 5.74) is 1.83. The van der Waals surface area contributed by atoms with Crippen molar-refractivity contribution in [2.45, 2.75) is 19.8 Å². The van der Waals surface area contributed by atoms with Crippen molar-refractivity contribution in [3.63, 3.8) is 0 Å². The van der Waals surface area contributed by atoms with Crippen LogP contribution in [0.1, 0.15) is 28.9 Å². The minimum absolute atomic E-state index is 0.00794. The summed E-state index contributed by atoms with van der Waals surface area (Å²) >= 11 is 3.32. The number of benzene rings is 2. The first kappa shape index (κ1) is 19.8. The van der Waals surface area contributed by atoms with Gasteiger partial charge in [-0.3, -0.25) is 19.1 Å². The largest absolute Gasteiger partial charge is 0.320 e. The third kappa shape index (κ3) is 4.14. The molecular weight excluding hydrogens is 422 g/mol. The molecule has 0 fully saturated rings. The molecule has 0 saturated heterocycles. The fourth-order valence-electron chi connectivity index (χ4n) is 2.92. The fraction of sp³-hybridized carbons (Fsp3) is 0.190. The van der Waals surface area contributed by atoms with E-state index in [1.165, 1.54) is 4.68 Å². The molecule has 0 unspecified atom stereocenters. The lowest BCUT2D eigenvalue weighted by Gasteiger charge is -2.07. The molecule has 28 heavy (non-hydrogen) atoms. The van der Waals surface area contributed by atoms with Gasteiger partial charge in [-0.25, -0.2) is 4.68 Å². The van der Waals surface area contributed by atoms with E-state index in [1.54, 1.807) is 42.9 Å². The Morgan fingerprint density at radius 1 is 1.00 bits per heavy atom. The van der Waals surface area contributed by atoms with Gasteiger partial charge in [0.05, 0.1) is 11.4 Å². The van der Waals surface area contributed by atoms with Crippen molar-refractivity contribution in [3.05, 3.63) is 80.7 Å². The Hall–Kier alpha value is -2.93. The van der Waals surface area contributed by atoms with Crippen molar-refractivity contribution < 1.29 is 9.59 Å². The molecule has 0 atom stereocenters. The number of aromatic nitrogens is 2. The summed E-state index contributed by atoms with van der Waals surface area (Å²) in [7, 11) is 1.76. The van der Waals surface area contributed by atoms with Gasteiger partial charge in [-0.15, -0.1) is 0 Å². The number of carbonyl (C=O) groups is 2. The van der Waals surface area contributed by atoms with Crippen LogP contribution in [-0.4, -0.2) is 21.1 Å². The number of nitrogens with zero attached hydrogens (tertiary/aromatic N) is 2. The number of halogens is 1. The number of Topliss-reactive ketones (excluding diaryl/α,β-unsaturated/α-hetero) is 1. The van der Waals surface area contributed by atoms with Crippen LogP contribution in [0.3, 0.4) is 0 Å². The predicted octanol–water partition coefficient (Wildman–Crippen LogP) is 3.85. The molecule has 1 N–H and O–H groups in total. The average Bonchev–Trinajstić information content (AvgIpc) is 2.90. The molecule has 1 aromatic heterocycles. The molecule has 0 spiro atoms. The van der Waals surface area contributed by atoms with Crippen LogP contribution >= 0.6 is 15.9 Å². The zero-order valence-electron chi connectivity index (χ0n) is 15.6. The van der Waals surface area contributed by atoms with Crippen LogP contribution in [-0.2, 0) is 11.8 Å². The zero-order valence-corrected chi connectivity index (χ0v) is 17.2. The molecule has 0 bridgehead atoms. The van der Waals surface area contributed by atoms with Crippen molar-refractivity contribution in [1.29, 1.82) is 0 Å². The van der Waals surface area contributed by atoms with Crippen molar-refractivity contribution in [3.8, 4) is 5.69 Å². The second-order valence-corrected chi connectivity index (χ2v) is 7.33. The second kappa shape index (κ2) is 8.39. The van der Waals surface area contributed by atoms with Gasteiger partial charge >= 0.3 is 0 Å². The van der Waals surface area contributed by atoms with Gasteiger partial charge in [0.1, 0.15) is 5.69 Å². The number of hydrogen-bond acceptors (Lipinski definition) is 3. The maximum Gasteiger partial charge on any atom is 0.295 e. The molecule has 1 heterocycles. The third-order valence-corrected chi connectivity index (χ3v) is 5.09. The lowest BCUT2D eigenvalue weighted by atomic mass is 10.1. The zero-order chi connectivity index (χ0) is 20.3. The highest BCUT2D eigenvalue weighted by molar-refractivity contribution is 9.10. The maximum absolute atomic E-state index is 12.8. The molecule has 0 radical (unpaired) electrons. The van der Waals surface area contributed by atoms with Gasteiger partial charge in [0.25, 0.3) is 5.56 Å². The first-order valence-corrected chi connectivity index (χ1v) is 9.60. The Balaban J connectivity index is 1.72. The van der Waals surface area contributed by atoms with Crippen molar-refractivity contribution >= 4 is 33.3 Å². The van der Waals surface area contributed by atoms with Crippen LogP contribution in [0.25, 0.3) is 5.69 Å². The van der Waals surface area contributed by atoms with E-state index in [-0.39, 0.29) is 35.8 Å². The van der Waals surface area contributed by atoms with Crippen LogP contribution in [0, 0.1) is 6.92 Å². The van der Waals surface area contributed by atoms with E-state index < -0.39 is 0 Å². The van der Waals surface area contributed by atoms with Gasteiger partial charge in [-0.1, -0.05) is 46.3 Å². The first-order chi connectivity index (χ1) is 13.4. The number of para-hydroxylation sites is 1. The molecule has 0 aliphatic rings. The molecule has 0 aliphatic heterocycles. The summed E-state index contributed by atoms with van der Waals surface area (Å²) in [5, 5.41) is 2.67. The normalized spacial score (nSPS) is 10.7. The van der Waals surface area contributed by atoms with Gasteiger partial charge in [-0.05, 0) is 31.2 Å². The van der Waals surface area contributed by atoms with E-state index in [4.69, 9.17) is 0 Å². The molecule has 144 valence electrons. The van der Waals surface area contributed by atoms with Gasteiger partial charge in [0.15, 0.2) is 5.78 Å². The standard InChI is InChI=1S/C21H20BrN3O3/c1-14-20(21(28)25(24(14)2)17-6-4-3-5-7-17)23-19(27)13-12-18(26)15-8-10-16(22)11-9-15/h3-11H,12-13H2,1-2H3,(H,23,27). The lowest BCUT2D eigenvalue weighted by molar-refractivity contribution is -0.116. The quantitative estimate of drug-likeness (QED) is 0.590. The Morgan fingerprint density at radius 3 is 2.29 bits per heavy atom.